The molecule has 0 saturated carbocycles. The van der Waals surface area contributed by atoms with Gasteiger partial charge in [0.1, 0.15) is 6.10 Å². The minimum absolute atomic E-state index is 0.366. The molecule has 1 fully saturated rings. The van der Waals surface area contributed by atoms with Gasteiger partial charge in [0.2, 0.25) is 6.79 Å². The first kappa shape index (κ1) is 21.4. The molecule has 0 aliphatic carbocycles. The fraction of sp³-hybridized carbons (Fsp3) is 0.333. The summed E-state index contributed by atoms with van der Waals surface area (Å²) in [5.41, 5.74) is 3.21. The van der Waals surface area contributed by atoms with E-state index in [9.17, 15) is 5.11 Å². The number of benzene rings is 3. The van der Waals surface area contributed by atoms with E-state index < -0.39 is 6.10 Å². The molecular weight excluding hydrogens is 386 g/mol. The van der Waals surface area contributed by atoms with E-state index in [4.69, 9.17) is 9.47 Å². The fourth-order valence-corrected chi connectivity index (χ4v) is 4.03. The summed E-state index contributed by atoms with van der Waals surface area (Å²) in [6.07, 6.45) is 4.72. The van der Waals surface area contributed by atoms with Crippen LogP contribution in [0, 0.1) is 0 Å². The first-order valence-electron chi connectivity index (χ1n) is 11.2. The number of piperidine rings is 1. The van der Waals surface area contributed by atoms with Crippen LogP contribution < -0.4 is 9.47 Å². The summed E-state index contributed by atoms with van der Waals surface area (Å²) in [4.78, 5) is 2.56. The van der Waals surface area contributed by atoms with Gasteiger partial charge in [-0.05, 0) is 61.2 Å². The molecule has 31 heavy (non-hydrogen) atoms. The number of aliphatic hydroxyl groups is 1. The van der Waals surface area contributed by atoms with Crippen LogP contribution in [-0.4, -0.2) is 36.4 Å². The summed E-state index contributed by atoms with van der Waals surface area (Å²) in [7, 11) is 0. The lowest BCUT2D eigenvalue weighted by molar-refractivity contribution is 0.174. The molecule has 0 spiro atoms. The molecule has 4 heteroatoms. The Labute approximate surface area is 185 Å². The summed E-state index contributed by atoms with van der Waals surface area (Å²) in [6.45, 7) is 4.07. The number of nitrogens with zero attached hydrogens (tertiary/aromatic N) is 1. The van der Waals surface area contributed by atoms with E-state index in [0.29, 0.717) is 6.79 Å². The quantitative estimate of drug-likeness (QED) is 0.619. The Hall–Kier alpha value is -2.82. The third kappa shape index (κ3) is 6.09. The number of ether oxygens (including phenoxy) is 2. The van der Waals surface area contributed by atoms with Crippen LogP contribution in [0.5, 0.6) is 11.5 Å². The molecule has 2 aliphatic rings. The van der Waals surface area contributed by atoms with E-state index >= 15 is 0 Å². The zero-order valence-corrected chi connectivity index (χ0v) is 18.0. The van der Waals surface area contributed by atoms with E-state index in [1.807, 2.05) is 66.7 Å². The fourth-order valence-electron chi connectivity index (χ4n) is 4.03. The molecule has 1 saturated heterocycles. The van der Waals surface area contributed by atoms with Crippen LogP contribution >= 0.6 is 0 Å². The maximum atomic E-state index is 9.99. The Balaban J connectivity index is 0.000000152. The molecule has 0 bridgehead atoms. The van der Waals surface area contributed by atoms with Gasteiger partial charge in [-0.2, -0.15) is 0 Å². The highest BCUT2D eigenvalue weighted by Gasteiger charge is 2.14. The van der Waals surface area contributed by atoms with E-state index in [2.05, 4.69) is 17.0 Å². The number of aliphatic hydroxyl groups excluding tert-OH is 1. The molecule has 0 aromatic heterocycles. The van der Waals surface area contributed by atoms with Gasteiger partial charge in [0, 0.05) is 6.54 Å². The van der Waals surface area contributed by atoms with Gasteiger partial charge in [-0.3, -0.25) is 0 Å². The third-order valence-electron chi connectivity index (χ3n) is 5.83. The van der Waals surface area contributed by atoms with Crippen molar-refractivity contribution in [2.45, 2.75) is 31.8 Å². The average Bonchev–Trinajstić information content (AvgIpc) is 3.32. The Morgan fingerprint density at radius 3 is 2.00 bits per heavy atom. The second-order valence-corrected chi connectivity index (χ2v) is 8.06. The molecular formula is C27H31NO3. The van der Waals surface area contributed by atoms with Gasteiger partial charge in [0.25, 0.3) is 0 Å². The lowest BCUT2D eigenvalue weighted by Gasteiger charge is -2.26. The van der Waals surface area contributed by atoms with Crippen molar-refractivity contribution in [3.8, 4) is 11.5 Å². The Morgan fingerprint density at radius 2 is 1.35 bits per heavy atom. The van der Waals surface area contributed by atoms with E-state index in [1.165, 1.54) is 44.5 Å². The van der Waals surface area contributed by atoms with Crippen molar-refractivity contribution in [1.82, 2.24) is 4.90 Å². The highest BCUT2D eigenvalue weighted by molar-refractivity contribution is 5.44. The summed E-state index contributed by atoms with van der Waals surface area (Å²) >= 11 is 0. The van der Waals surface area contributed by atoms with E-state index in [0.717, 1.165) is 29.0 Å². The van der Waals surface area contributed by atoms with E-state index in [1.54, 1.807) is 0 Å². The molecule has 162 valence electrons. The molecule has 0 radical (unpaired) electrons. The SMILES string of the molecule is OC(c1ccccc1)c1ccccc1.c1cc2c(cc1CCN1CCCCC1)OCO2. The van der Waals surface area contributed by atoms with Gasteiger partial charge in [0.15, 0.2) is 11.5 Å². The van der Waals surface area contributed by atoms with Crippen LogP contribution in [0.1, 0.15) is 42.1 Å². The minimum atomic E-state index is -0.516. The van der Waals surface area contributed by atoms with Crippen LogP contribution in [0.15, 0.2) is 78.9 Å². The monoisotopic (exact) mass is 417 g/mol. The summed E-state index contributed by atoms with van der Waals surface area (Å²) in [6, 6.07) is 25.6. The van der Waals surface area contributed by atoms with Crippen molar-refractivity contribution in [3.05, 3.63) is 95.6 Å². The molecule has 3 aromatic carbocycles. The molecule has 2 heterocycles. The second-order valence-electron chi connectivity index (χ2n) is 8.06. The largest absolute Gasteiger partial charge is 0.454 e. The Kier molecular flexibility index (Phi) is 7.59. The predicted octanol–water partition coefficient (Wildman–Crippen LogP) is 5.21. The van der Waals surface area contributed by atoms with Crippen molar-refractivity contribution >= 4 is 0 Å². The van der Waals surface area contributed by atoms with Gasteiger partial charge in [-0.25, -0.2) is 0 Å². The standard InChI is InChI=1S/C14H19NO2.C13H12O/c1-2-7-15(8-3-1)9-6-12-4-5-13-14(10-12)17-11-16-13;14-13(11-7-3-1-4-8-11)12-9-5-2-6-10-12/h4-5,10H,1-3,6-9,11H2;1-10,13-14H. The second kappa shape index (κ2) is 11.0. The maximum absolute atomic E-state index is 9.99. The van der Waals surface area contributed by atoms with Crippen molar-refractivity contribution in [1.29, 1.82) is 0 Å². The number of fused-ring (bicyclic) bond motifs is 1. The predicted molar refractivity (Wildman–Crippen MR) is 124 cm³/mol. The van der Waals surface area contributed by atoms with Gasteiger partial charge >= 0.3 is 0 Å². The molecule has 0 amide bonds. The smallest absolute Gasteiger partial charge is 0.231 e. The van der Waals surface area contributed by atoms with Crippen LogP contribution in [-0.2, 0) is 6.42 Å². The third-order valence-corrected chi connectivity index (χ3v) is 5.83. The van der Waals surface area contributed by atoms with Gasteiger partial charge < -0.3 is 19.5 Å². The first-order chi connectivity index (χ1) is 15.3. The van der Waals surface area contributed by atoms with Crippen molar-refractivity contribution in [3.63, 3.8) is 0 Å². The van der Waals surface area contributed by atoms with Crippen LogP contribution in [0.4, 0.5) is 0 Å². The minimum Gasteiger partial charge on any atom is -0.454 e. The summed E-state index contributed by atoms with van der Waals surface area (Å²) in [5, 5.41) is 9.99. The zero-order chi connectivity index (χ0) is 21.3. The highest BCUT2D eigenvalue weighted by atomic mass is 16.7. The highest BCUT2D eigenvalue weighted by Crippen LogP contribution is 2.32. The van der Waals surface area contributed by atoms with E-state index in [-0.39, 0.29) is 0 Å². The summed E-state index contributed by atoms with van der Waals surface area (Å²) in [5.74, 6) is 1.79. The molecule has 0 unspecified atom stereocenters. The number of rotatable bonds is 5. The van der Waals surface area contributed by atoms with Crippen molar-refractivity contribution in [2.24, 2.45) is 0 Å². The maximum Gasteiger partial charge on any atom is 0.231 e. The molecule has 4 nitrogen and oxygen atoms in total. The Morgan fingerprint density at radius 1 is 0.742 bits per heavy atom. The topological polar surface area (TPSA) is 41.9 Å². The zero-order valence-electron chi connectivity index (χ0n) is 18.0. The van der Waals surface area contributed by atoms with Gasteiger partial charge in [-0.15, -0.1) is 0 Å². The van der Waals surface area contributed by atoms with Crippen LogP contribution in [0.2, 0.25) is 0 Å². The molecule has 3 aromatic rings. The average molecular weight is 418 g/mol. The molecule has 1 N–H and O–H groups in total. The molecule has 0 atom stereocenters. The van der Waals surface area contributed by atoms with Gasteiger partial charge in [-0.1, -0.05) is 73.2 Å². The molecule has 2 aliphatic heterocycles. The lowest BCUT2D eigenvalue weighted by Crippen LogP contribution is -2.31. The van der Waals surface area contributed by atoms with Crippen molar-refractivity contribution < 1.29 is 14.6 Å². The molecule has 5 rings (SSSR count). The van der Waals surface area contributed by atoms with Gasteiger partial charge in [0.05, 0.1) is 0 Å². The van der Waals surface area contributed by atoms with Crippen molar-refractivity contribution in [2.75, 3.05) is 26.4 Å². The lowest BCUT2D eigenvalue weighted by atomic mass is 10.0. The summed E-state index contributed by atoms with van der Waals surface area (Å²) < 4.78 is 10.7. The normalized spacial score (nSPS) is 15.4. The van der Waals surface area contributed by atoms with Crippen LogP contribution in [0.25, 0.3) is 0 Å². The number of likely N-dealkylation sites (tertiary alicyclic amines) is 1. The number of hydrogen-bond donors (Lipinski definition) is 1. The Bertz CT molecular complexity index is 884. The first-order valence-corrected chi connectivity index (χ1v) is 11.2. The number of hydrogen-bond acceptors (Lipinski definition) is 4. The van der Waals surface area contributed by atoms with Crippen LogP contribution in [0.3, 0.4) is 0 Å².